The number of aromatic nitrogens is 2. The highest BCUT2D eigenvalue weighted by molar-refractivity contribution is 8.00. The Morgan fingerprint density at radius 1 is 0.913 bits per heavy atom. The van der Waals surface area contributed by atoms with Gasteiger partial charge < -0.3 is 14.6 Å². The first-order valence-corrected chi connectivity index (χ1v) is 16.5. The number of fused-ring (bicyclic) bond motifs is 1. The van der Waals surface area contributed by atoms with Crippen LogP contribution in [0.1, 0.15) is 49.1 Å². The van der Waals surface area contributed by atoms with Gasteiger partial charge in [0.2, 0.25) is 5.13 Å². The summed E-state index contributed by atoms with van der Waals surface area (Å²) in [5.41, 5.74) is 3.09. The van der Waals surface area contributed by atoms with E-state index < -0.39 is 17.7 Å². The normalized spacial score (nSPS) is 16.3. The van der Waals surface area contributed by atoms with Crippen LogP contribution in [0.25, 0.3) is 16.5 Å². The van der Waals surface area contributed by atoms with Crippen LogP contribution in [0.5, 0.6) is 11.5 Å². The van der Waals surface area contributed by atoms with Gasteiger partial charge in [0, 0.05) is 11.3 Å². The Morgan fingerprint density at radius 2 is 1.63 bits per heavy atom. The lowest BCUT2D eigenvalue weighted by atomic mass is 9.85. The summed E-state index contributed by atoms with van der Waals surface area (Å²) in [7, 11) is 3.00. The third kappa shape index (κ3) is 5.86. The van der Waals surface area contributed by atoms with Crippen molar-refractivity contribution in [3.63, 3.8) is 0 Å². The zero-order valence-electron chi connectivity index (χ0n) is 26.1. The summed E-state index contributed by atoms with van der Waals surface area (Å²) in [6.07, 6.45) is 0. The van der Waals surface area contributed by atoms with Gasteiger partial charge in [0.25, 0.3) is 5.78 Å². The Kier molecular flexibility index (Phi) is 8.59. The molecule has 5 aromatic rings. The van der Waals surface area contributed by atoms with Gasteiger partial charge in [-0.05, 0) is 51.1 Å². The Hall–Kier alpha value is -4.67. The van der Waals surface area contributed by atoms with Crippen molar-refractivity contribution >= 4 is 56.5 Å². The minimum atomic E-state index is -0.925. The molecule has 234 valence electrons. The Balaban J connectivity index is 1.40. The fourth-order valence-electron chi connectivity index (χ4n) is 5.57. The second-order valence-electron chi connectivity index (χ2n) is 11.9. The Bertz CT molecular complexity index is 1970. The van der Waals surface area contributed by atoms with E-state index in [1.165, 1.54) is 47.6 Å². The van der Waals surface area contributed by atoms with Gasteiger partial charge in [-0.1, -0.05) is 111 Å². The molecule has 8 nitrogen and oxygen atoms in total. The number of hydrogen-bond donors (Lipinski definition) is 1. The SMILES string of the molecule is COc1ccc(C(O)=C2C(=O)C(=O)N(c3nnc(SCc4cccc5ccccc45)s3)[C@@H]2c2ccc(C(C)(C)C)cc2)cc1OC. The number of Topliss-reactive ketones (excluding diaryl/α,β-unsaturated/α-hetero) is 1. The van der Waals surface area contributed by atoms with Crippen LogP contribution in [0.3, 0.4) is 0 Å². The Labute approximate surface area is 275 Å². The van der Waals surface area contributed by atoms with Crippen molar-refractivity contribution in [3.05, 3.63) is 113 Å². The van der Waals surface area contributed by atoms with Crippen molar-refractivity contribution in [3.8, 4) is 11.5 Å². The summed E-state index contributed by atoms with van der Waals surface area (Å²) < 4.78 is 11.4. The molecular formula is C36H33N3O5S2. The number of carbonyl (C=O) groups is 2. The summed E-state index contributed by atoms with van der Waals surface area (Å²) in [5, 5.41) is 23.0. The summed E-state index contributed by atoms with van der Waals surface area (Å²) in [4.78, 5) is 28.8. The molecule has 0 saturated carbocycles. The fraction of sp³-hybridized carbons (Fsp3) is 0.222. The third-order valence-electron chi connectivity index (χ3n) is 8.03. The molecule has 1 atom stereocenters. The molecular weight excluding hydrogens is 619 g/mol. The van der Waals surface area contributed by atoms with Crippen LogP contribution in [-0.2, 0) is 20.8 Å². The van der Waals surface area contributed by atoms with E-state index in [-0.39, 0.29) is 21.9 Å². The van der Waals surface area contributed by atoms with Crippen molar-refractivity contribution in [2.75, 3.05) is 19.1 Å². The number of ether oxygens (including phenoxy) is 2. The maximum absolute atomic E-state index is 13.7. The molecule has 1 aromatic heterocycles. The largest absolute Gasteiger partial charge is 0.507 e. The summed E-state index contributed by atoms with van der Waals surface area (Å²) in [5.74, 6) is -0.404. The molecule has 10 heteroatoms. The van der Waals surface area contributed by atoms with Crippen LogP contribution in [-0.4, -0.2) is 41.2 Å². The highest BCUT2D eigenvalue weighted by atomic mass is 32.2. The number of carbonyl (C=O) groups excluding carboxylic acids is 2. The highest BCUT2D eigenvalue weighted by Gasteiger charge is 2.48. The summed E-state index contributed by atoms with van der Waals surface area (Å²) in [6.45, 7) is 6.34. The molecule has 1 fully saturated rings. The van der Waals surface area contributed by atoms with Crippen LogP contribution in [0.15, 0.2) is 94.8 Å². The van der Waals surface area contributed by atoms with E-state index in [4.69, 9.17) is 9.47 Å². The van der Waals surface area contributed by atoms with E-state index in [9.17, 15) is 14.7 Å². The monoisotopic (exact) mass is 651 g/mol. The maximum atomic E-state index is 13.7. The third-order valence-corrected chi connectivity index (χ3v) is 10.1. The lowest BCUT2D eigenvalue weighted by Crippen LogP contribution is -2.29. The van der Waals surface area contributed by atoms with Crippen LogP contribution in [0.4, 0.5) is 5.13 Å². The number of ketones is 1. The molecule has 0 spiro atoms. The molecule has 4 aromatic carbocycles. The van der Waals surface area contributed by atoms with E-state index >= 15 is 0 Å². The van der Waals surface area contributed by atoms with E-state index in [2.05, 4.69) is 55.2 Å². The van der Waals surface area contributed by atoms with Gasteiger partial charge in [-0.25, -0.2) is 0 Å². The number of thioether (sulfide) groups is 1. The number of rotatable bonds is 8. The first kappa shape index (κ1) is 31.3. The van der Waals surface area contributed by atoms with Crippen LogP contribution < -0.4 is 14.4 Å². The number of amides is 1. The average Bonchev–Trinajstić information content (AvgIpc) is 3.64. The topological polar surface area (TPSA) is 102 Å². The van der Waals surface area contributed by atoms with Crippen LogP contribution in [0, 0.1) is 0 Å². The van der Waals surface area contributed by atoms with E-state index in [1.807, 2.05) is 42.5 Å². The van der Waals surface area contributed by atoms with Crippen molar-refractivity contribution in [2.24, 2.45) is 0 Å². The predicted octanol–water partition coefficient (Wildman–Crippen LogP) is 7.92. The summed E-state index contributed by atoms with van der Waals surface area (Å²) >= 11 is 2.76. The number of hydrogen-bond acceptors (Lipinski definition) is 9. The number of anilines is 1. The molecule has 1 N–H and O–H groups in total. The zero-order chi connectivity index (χ0) is 32.6. The number of nitrogens with zero attached hydrogens (tertiary/aromatic N) is 3. The van der Waals surface area contributed by atoms with E-state index in [1.54, 1.807) is 18.2 Å². The molecule has 0 aliphatic carbocycles. The van der Waals surface area contributed by atoms with E-state index in [0.29, 0.717) is 32.7 Å². The first-order valence-electron chi connectivity index (χ1n) is 14.7. The molecule has 1 aliphatic heterocycles. The van der Waals surface area contributed by atoms with Crippen molar-refractivity contribution in [1.29, 1.82) is 0 Å². The van der Waals surface area contributed by atoms with Gasteiger partial charge in [-0.15, -0.1) is 10.2 Å². The van der Waals surface area contributed by atoms with Crippen LogP contribution in [0.2, 0.25) is 0 Å². The van der Waals surface area contributed by atoms with Crippen molar-refractivity contribution in [2.45, 2.75) is 42.3 Å². The smallest absolute Gasteiger partial charge is 0.301 e. The molecule has 6 rings (SSSR count). The number of aliphatic hydroxyl groups excluding tert-OH is 1. The molecule has 0 bridgehead atoms. The standard InChI is InChI=1S/C36H33N3O5S2/c1-36(2,3)25-16-13-22(14-17-25)30-29(31(40)23-15-18-27(43-4)28(19-23)44-5)32(41)33(42)39(30)34-37-38-35(46-34)45-20-24-11-8-10-21-9-6-7-12-26(21)24/h6-19,30,40H,20H2,1-5H3/t30-/m1/s1. The number of methoxy groups -OCH3 is 2. The zero-order valence-corrected chi connectivity index (χ0v) is 27.7. The van der Waals surface area contributed by atoms with Gasteiger partial charge in [-0.2, -0.15) is 0 Å². The molecule has 2 heterocycles. The van der Waals surface area contributed by atoms with Gasteiger partial charge in [0.05, 0.1) is 25.8 Å². The number of benzene rings is 4. The minimum absolute atomic E-state index is 0.0408. The van der Waals surface area contributed by atoms with Crippen molar-refractivity contribution < 1.29 is 24.2 Å². The molecule has 1 saturated heterocycles. The minimum Gasteiger partial charge on any atom is -0.507 e. The molecule has 1 amide bonds. The lowest BCUT2D eigenvalue weighted by molar-refractivity contribution is -0.132. The van der Waals surface area contributed by atoms with Gasteiger partial charge in [0.15, 0.2) is 15.8 Å². The quantitative estimate of drug-likeness (QED) is 0.0594. The summed E-state index contributed by atoms with van der Waals surface area (Å²) in [6, 6.07) is 26.1. The Morgan fingerprint density at radius 3 is 2.35 bits per heavy atom. The van der Waals surface area contributed by atoms with Gasteiger partial charge in [0.1, 0.15) is 5.76 Å². The van der Waals surface area contributed by atoms with Gasteiger partial charge >= 0.3 is 5.91 Å². The second-order valence-corrected chi connectivity index (χ2v) is 14.1. The van der Waals surface area contributed by atoms with Crippen molar-refractivity contribution in [1.82, 2.24) is 10.2 Å². The predicted molar refractivity (Wildman–Crippen MR) is 183 cm³/mol. The lowest BCUT2D eigenvalue weighted by Gasteiger charge is -2.24. The molecule has 1 aliphatic rings. The molecule has 46 heavy (non-hydrogen) atoms. The maximum Gasteiger partial charge on any atom is 0.301 e. The average molecular weight is 652 g/mol. The first-order chi connectivity index (χ1) is 22.1. The van der Waals surface area contributed by atoms with Gasteiger partial charge in [-0.3, -0.25) is 14.5 Å². The second kappa shape index (κ2) is 12.6. The number of aliphatic hydroxyl groups is 1. The highest BCUT2D eigenvalue weighted by Crippen LogP contribution is 2.45. The van der Waals surface area contributed by atoms with E-state index in [0.717, 1.165) is 16.5 Å². The molecule has 0 radical (unpaired) electrons. The van der Waals surface area contributed by atoms with Crippen LogP contribution >= 0.6 is 23.1 Å². The molecule has 0 unspecified atom stereocenters. The fourth-order valence-corrected chi connectivity index (χ4v) is 7.44.